The Hall–Kier alpha value is -2.97. The van der Waals surface area contributed by atoms with Gasteiger partial charge in [-0.1, -0.05) is 0 Å². The van der Waals surface area contributed by atoms with E-state index in [0.717, 1.165) is 4.57 Å². The molecule has 2 aromatic rings. The van der Waals surface area contributed by atoms with Gasteiger partial charge in [-0.05, 0) is 19.4 Å². The van der Waals surface area contributed by atoms with Gasteiger partial charge >= 0.3 is 17.1 Å². The molecule has 0 aliphatic heterocycles. The van der Waals surface area contributed by atoms with E-state index in [0.29, 0.717) is 5.52 Å². The van der Waals surface area contributed by atoms with Crippen LogP contribution in [0.15, 0.2) is 27.8 Å². The van der Waals surface area contributed by atoms with Crippen molar-refractivity contribution in [3.63, 3.8) is 0 Å². The zero-order valence-corrected chi connectivity index (χ0v) is 12.4. The van der Waals surface area contributed by atoms with Crippen LogP contribution in [0.25, 0.3) is 11.0 Å². The van der Waals surface area contributed by atoms with Crippen LogP contribution in [0.4, 0.5) is 5.69 Å². The van der Waals surface area contributed by atoms with Crippen LogP contribution in [-0.2, 0) is 16.1 Å². The largest absolute Gasteiger partial charge is 0.466 e. The van der Waals surface area contributed by atoms with Gasteiger partial charge in [0, 0.05) is 25.1 Å². The molecular formula is C14H15N3O6. The second-order valence-corrected chi connectivity index (χ2v) is 4.78. The third kappa shape index (κ3) is 3.62. The van der Waals surface area contributed by atoms with Gasteiger partial charge in [-0.3, -0.25) is 24.5 Å². The summed E-state index contributed by atoms with van der Waals surface area (Å²) in [6, 6.07) is 3.83. The molecule has 122 valence electrons. The lowest BCUT2D eigenvalue weighted by atomic mass is 10.2. The van der Waals surface area contributed by atoms with Crippen LogP contribution in [0, 0.1) is 10.1 Å². The molecule has 0 aliphatic rings. The number of nitro benzene ring substituents is 1. The summed E-state index contributed by atoms with van der Waals surface area (Å²) in [6.45, 7) is 2.03. The number of nitro groups is 1. The molecule has 0 bridgehead atoms. The predicted octanol–water partition coefficient (Wildman–Crippen LogP) is 0.941. The van der Waals surface area contributed by atoms with Crippen LogP contribution < -0.4 is 11.1 Å². The van der Waals surface area contributed by atoms with Crippen molar-refractivity contribution in [3.8, 4) is 0 Å². The number of aromatic nitrogens is 2. The molecule has 0 spiro atoms. The molecule has 0 radical (unpaired) electrons. The van der Waals surface area contributed by atoms with Crippen molar-refractivity contribution >= 4 is 22.7 Å². The number of hydrogen-bond acceptors (Lipinski definition) is 6. The van der Waals surface area contributed by atoms with Crippen LogP contribution in [0.2, 0.25) is 0 Å². The average Bonchev–Trinajstić information content (AvgIpc) is 2.50. The molecule has 1 aromatic carbocycles. The van der Waals surface area contributed by atoms with E-state index < -0.39 is 22.0 Å². The number of carbonyl (C=O) groups excluding carboxylic acids is 1. The fourth-order valence-corrected chi connectivity index (χ4v) is 2.21. The number of aromatic amines is 1. The highest BCUT2D eigenvalue weighted by atomic mass is 16.6. The number of esters is 1. The molecule has 0 amide bonds. The highest BCUT2D eigenvalue weighted by Gasteiger charge is 2.13. The summed E-state index contributed by atoms with van der Waals surface area (Å²) in [5, 5.41) is 10.9. The number of hydrogen-bond donors (Lipinski definition) is 1. The molecule has 0 unspecified atom stereocenters. The van der Waals surface area contributed by atoms with Crippen molar-refractivity contribution in [1.29, 1.82) is 0 Å². The van der Waals surface area contributed by atoms with Crippen molar-refractivity contribution in [3.05, 3.63) is 49.0 Å². The standard InChI is InChI=1S/C14H15N3O6/c1-2-23-12(18)4-3-7-16-11-8-9(17(21)22)5-6-10(11)15-13(19)14(16)20/h5-6,8H,2-4,7H2,1H3,(H,15,19). The zero-order chi connectivity index (χ0) is 17.0. The first kappa shape index (κ1) is 16.4. The number of H-pyrrole nitrogens is 1. The SMILES string of the molecule is CCOC(=O)CCCn1c(=O)c(=O)[nH]c2ccc([N+](=O)[O-])cc21. The summed E-state index contributed by atoms with van der Waals surface area (Å²) in [5.41, 5.74) is -1.27. The summed E-state index contributed by atoms with van der Waals surface area (Å²) in [4.78, 5) is 47.6. The monoisotopic (exact) mass is 321 g/mol. The lowest BCUT2D eigenvalue weighted by Crippen LogP contribution is -2.36. The summed E-state index contributed by atoms with van der Waals surface area (Å²) in [5.74, 6) is -0.402. The minimum absolute atomic E-state index is 0.0826. The van der Waals surface area contributed by atoms with Gasteiger partial charge in [-0.25, -0.2) is 0 Å². The Morgan fingerprint density at radius 3 is 2.78 bits per heavy atom. The van der Waals surface area contributed by atoms with Gasteiger partial charge in [-0.15, -0.1) is 0 Å². The number of aryl methyl sites for hydroxylation is 1. The number of nitrogens with zero attached hydrogens (tertiary/aromatic N) is 2. The summed E-state index contributed by atoms with van der Waals surface area (Å²) in [6.07, 6.45) is 0.365. The Morgan fingerprint density at radius 2 is 2.13 bits per heavy atom. The molecule has 0 saturated heterocycles. The van der Waals surface area contributed by atoms with E-state index in [9.17, 15) is 24.5 Å². The first-order chi connectivity index (χ1) is 10.9. The molecule has 9 nitrogen and oxygen atoms in total. The number of fused-ring (bicyclic) bond motifs is 1. The van der Waals surface area contributed by atoms with E-state index in [1.54, 1.807) is 6.92 Å². The molecule has 1 aromatic heterocycles. The first-order valence-electron chi connectivity index (χ1n) is 7.01. The van der Waals surface area contributed by atoms with E-state index in [1.807, 2.05) is 0 Å². The fourth-order valence-electron chi connectivity index (χ4n) is 2.21. The van der Waals surface area contributed by atoms with E-state index in [-0.39, 0.29) is 37.2 Å². The third-order valence-corrected chi connectivity index (χ3v) is 3.24. The first-order valence-corrected chi connectivity index (χ1v) is 7.01. The highest BCUT2D eigenvalue weighted by molar-refractivity contribution is 5.77. The van der Waals surface area contributed by atoms with Crippen molar-refractivity contribution < 1.29 is 14.5 Å². The van der Waals surface area contributed by atoms with Gasteiger partial charge in [0.05, 0.1) is 22.6 Å². The van der Waals surface area contributed by atoms with Crippen molar-refractivity contribution in [1.82, 2.24) is 9.55 Å². The highest BCUT2D eigenvalue weighted by Crippen LogP contribution is 2.17. The number of benzene rings is 1. The minimum atomic E-state index is -0.818. The van der Waals surface area contributed by atoms with Gasteiger partial charge in [0.1, 0.15) is 0 Å². The second kappa shape index (κ2) is 6.86. The number of carbonyl (C=O) groups is 1. The molecule has 0 fully saturated rings. The Bertz CT molecular complexity index is 867. The minimum Gasteiger partial charge on any atom is -0.466 e. The Kier molecular flexibility index (Phi) is 4.89. The molecule has 0 saturated carbocycles. The molecule has 1 N–H and O–H groups in total. The topological polar surface area (TPSA) is 124 Å². The van der Waals surface area contributed by atoms with Crippen molar-refractivity contribution in [2.24, 2.45) is 0 Å². The van der Waals surface area contributed by atoms with Crippen LogP contribution in [0.3, 0.4) is 0 Å². The Labute approximate surface area is 129 Å². The van der Waals surface area contributed by atoms with E-state index in [4.69, 9.17) is 4.74 Å². The molecule has 0 atom stereocenters. The number of ether oxygens (including phenoxy) is 1. The average molecular weight is 321 g/mol. The van der Waals surface area contributed by atoms with Gasteiger partial charge < -0.3 is 14.3 Å². The maximum atomic E-state index is 12.0. The van der Waals surface area contributed by atoms with E-state index >= 15 is 0 Å². The van der Waals surface area contributed by atoms with Crippen LogP contribution in [-0.4, -0.2) is 27.1 Å². The number of rotatable bonds is 6. The Morgan fingerprint density at radius 1 is 1.39 bits per heavy atom. The van der Waals surface area contributed by atoms with Crippen molar-refractivity contribution in [2.75, 3.05) is 6.61 Å². The lowest BCUT2D eigenvalue weighted by Gasteiger charge is -2.09. The summed E-state index contributed by atoms with van der Waals surface area (Å²) >= 11 is 0. The zero-order valence-electron chi connectivity index (χ0n) is 12.4. The van der Waals surface area contributed by atoms with Gasteiger partial charge in [0.25, 0.3) is 5.69 Å². The van der Waals surface area contributed by atoms with Crippen LogP contribution in [0.1, 0.15) is 19.8 Å². The van der Waals surface area contributed by atoms with Gasteiger partial charge in [-0.2, -0.15) is 0 Å². The maximum absolute atomic E-state index is 12.0. The molecular weight excluding hydrogens is 306 g/mol. The summed E-state index contributed by atoms with van der Waals surface area (Å²) < 4.78 is 5.93. The lowest BCUT2D eigenvalue weighted by molar-refractivity contribution is -0.384. The Balaban J connectivity index is 2.39. The van der Waals surface area contributed by atoms with E-state index in [2.05, 4.69) is 4.98 Å². The smallest absolute Gasteiger partial charge is 0.316 e. The van der Waals surface area contributed by atoms with Crippen LogP contribution in [0.5, 0.6) is 0 Å². The predicted molar refractivity (Wildman–Crippen MR) is 81.4 cm³/mol. The molecule has 1 heterocycles. The fraction of sp³-hybridized carbons (Fsp3) is 0.357. The third-order valence-electron chi connectivity index (χ3n) is 3.24. The van der Waals surface area contributed by atoms with Crippen LogP contribution >= 0.6 is 0 Å². The van der Waals surface area contributed by atoms with Gasteiger partial charge in [0.2, 0.25) is 0 Å². The second-order valence-electron chi connectivity index (χ2n) is 4.78. The molecule has 2 rings (SSSR count). The molecule has 23 heavy (non-hydrogen) atoms. The van der Waals surface area contributed by atoms with E-state index in [1.165, 1.54) is 18.2 Å². The normalized spacial score (nSPS) is 10.7. The maximum Gasteiger partial charge on any atom is 0.316 e. The molecule has 9 heteroatoms. The van der Waals surface area contributed by atoms with Crippen molar-refractivity contribution in [2.45, 2.75) is 26.3 Å². The quantitative estimate of drug-likeness (QED) is 0.365. The number of non-ortho nitro benzene ring substituents is 1. The van der Waals surface area contributed by atoms with Gasteiger partial charge in [0.15, 0.2) is 0 Å². The molecule has 0 aliphatic carbocycles. The number of nitrogens with one attached hydrogen (secondary N) is 1. The summed E-state index contributed by atoms with van der Waals surface area (Å²) in [7, 11) is 0.